The highest BCUT2D eigenvalue weighted by Gasteiger charge is 2.26. The summed E-state index contributed by atoms with van der Waals surface area (Å²) in [6.45, 7) is 14.3. The van der Waals surface area contributed by atoms with E-state index in [4.69, 9.17) is 10.5 Å². The highest BCUT2D eigenvalue weighted by Crippen LogP contribution is 2.38. The summed E-state index contributed by atoms with van der Waals surface area (Å²) in [6.07, 6.45) is 2.19. The van der Waals surface area contributed by atoms with Gasteiger partial charge in [0, 0.05) is 12.1 Å². The molecule has 0 heterocycles. The topological polar surface area (TPSA) is 33.0 Å². The third-order valence-corrected chi connectivity index (χ3v) is 4.62. The standard InChI is InChI=1S/C18H30NO/c1-7-17(3,4)14-9-10-16(20-12-11-19)15(13-14)18(5,6)8-2/h9-10,13,19H,7-8,11-12H2,1-6H3. The lowest BCUT2D eigenvalue weighted by Crippen LogP contribution is -2.21. The van der Waals surface area contributed by atoms with E-state index >= 15 is 0 Å². The van der Waals surface area contributed by atoms with E-state index in [0.717, 1.165) is 18.6 Å². The summed E-state index contributed by atoms with van der Waals surface area (Å²) in [7, 11) is 0. The lowest BCUT2D eigenvalue weighted by Gasteiger charge is -2.30. The van der Waals surface area contributed by atoms with Crippen molar-refractivity contribution in [1.29, 1.82) is 0 Å². The Labute approximate surface area is 124 Å². The average molecular weight is 276 g/mol. The summed E-state index contributed by atoms with van der Waals surface area (Å²) in [4.78, 5) is 0. The Balaban J connectivity index is 3.29. The Morgan fingerprint density at radius 3 is 2.10 bits per heavy atom. The molecule has 1 rings (SSSR count). The van der Waals surface area contributed by atoms with Crippen LogP contribution in [0.25, 0.3) is 0 Å². The van der Waals surface area contributed by atoms with Gasteiger partial charge in [-0.3, -0.25) is 5.73 Å². The predicted molar refractivity (Wildman–Crippen MR) is 86.5 cm³/mol. The van der Waals surface area contributed by atoms with Crippen molar-refractivity contribution in [2.45, 2.75) is 65.2 Å². The van der Waals surface area contributed by atoms with Gasteiger partial charge in [0.15, 0.2) is 0 Å². The second-order valence-electron chi connectivity index (χ2n) is 6.78. The van der Waals surface area contributed by atoms with Crippen molar-refractivity contribution in [3.63, 3.8) is 0 Å². The van der Waals surface area contributed by atoms with Crippen LogP contribution in [0, 0.1) is 0 Å². The largest absolute Gasteiger partial charge is 0.492 e. The van der Waals surface area contributed by atoms with E-state index in [1.54, 1.807) is 0 Å². The number of hydrogen-bond acceptors (Lipinski definition) is 1. The normalized spacial score (nSPS) is 12.6. The van der Waals surface area contributed by atoms with E-state index in [1.165, 1.54) is 11.1 Å². The zero-order chi connectivity index (χ0) is 15.4. The third-order valence-electron chi connectivity index (χ3n) is 4.62. The van der Waals surface area contributed by atoms with Crippen molar-refractivity contribution >= 4 is 0 Å². The predicted octanol–water partition coefficient (Wildman–Crippen LogP) is 4.72. The van der Waals surface area contributed by atoms with Crippen LogP contribution in [0.3, 0.4) is 0 Å². The van der Waals surface area contributed by atoms with Crippen molar-refractivity contribution in [2.75, 3.05) is 13.2 Å². The van der Waals surface area contributed by atoms with Crippen LogP contribution in [0.5, 0.6) is 5.75 Å². The number of ether oxygens (including phenoxy) is 1. The molecule has 0 bridgehead atoms. The van der Waals surface area contributed by atoms with E-state index < -0.39 is 0 Å². The summed E-state index contributed by atoms with van der Waals surface area (Å²) in [5.74, 6) is 0.944. The van der Waals surface area contributed by atoms with Crippen molar-refractivity contribution in [2.24, 2.45) is 0 Å². The number of benzene rings is 1. The molecule has 1 aromatic carbocycles. The average Bonchev–Trinajstić information content (AvgIpc) is 2.44. The molecular formula is C18H30NO. The third kappa shape index (κ3) is 3.76. The van der Waals surface area contributed by atoms with Gasteiger partial charge in [0.25, 0.3) is 0 Å². The van der Waals surface area contributed by atoms with E-state index in [0.29, 0.717) is 13.2 Å². The minimum absolute atomic E-state index is 0.0944. The van der Waals surface area contributed by atoms with Crippen molar-refractivity contribution in [3.05, 3.63) is 29.3 Å². The van der Waals surface area contributed by atoms with Crippen molar-refractivity contribution < 1.29 is 4.74 Å². The lowest BCUT2D eigenvalue weighted by atomic mass is 9.76. The van der Waals surface area contributed by atoms with Gasteiger partial charge in [0.05, 0.1) is 0 Å². The molecule has 20 heavy (non-hydrogen) atoms. The van der Waals surface area contributed by atoms with Crippen LogP contribution in [0.2, 0.25) is 0 Å². The zero-order valence-corrected chi connectivity index (χ0v) is 14.0. The molecule has 0 saturated carbocycles. The summed E-state index contributed by atoms with van der Waals surface area (Å²) >= 11 is 0. The number of nitrogens with one attached hydrogen (secondary N) is 1. The molecule has 0 aliphatic rings. The molecule has 0 aromatic heterocycles. The molecule has 0 spiro atoms. The molecule has 1 N–H and O–H groups in total. The Morgan fingerprint density at radius 2 is 1.60 bits per heavy atom. The molecule has 0 atom stereocenters. The first-order chi connectivity index (χ1) is 9.28. The molecule has 0 amide bonds. The van der Waals surface area contributed by atoms with Crippen LogP contribution in [-0.2, 0) is 10.8 Å². The van der Waals surface area contributed by atoms with Crippen LogP contribution in [0.4, 0.5) is 0 Å². The lowest BCUT2D eigenvalue weighted by molar-refractivity contribution is 0.313. The molecule has 0 aliphatic carbocycles. The summed E-state index contributed by atoms with van der Waals surface area (Å²) in [6, 6.07) is 6.58. The maximum Gasteiger partial charge on any atom is 0.123 e. The summed E-state index contributed by atoms with van der Waals surface area (Å²) < 4.78 is 5.79. The van der Waals surface area contributed by atoms with Crippen molar-refractivity contribution in [1.82, 2.24) is 5.73 Å². The molecule has 0 aliphatic heterocycles. The Hall–Kier alpha value is -1.02. The van der Waals surface area contributed by atoms with Crippen molar-refractivity contribution in [3.8, 4) is 5.75 Å². The van der Waals surface area contributed by atoms with Gasteiger partial charge in [-0.25, -0.2) is 0 Å². The highest BCUT2D eigenvalue weighted by molar-refractivity contribution is 5.44. The van der Waals surface area contributed by atoms with Gasteiger partial charge >= 0.3 is 0 Å². The minimum atomic E-state index is 0.0944. The molecule has 2 heteroatoms. The van der Waals surface area contributed by atoms with Gasteiger partial charge < -0.3 is 4.74 Å². The first-order valence-electron chi connectivity index (χ1n) is 7.71. The van der Waals surface area contributed by atoms with Gasteiger partial charge in [-0.05, 0) is 35.3 Å². The molecule has 2 nitrogen and oxygen atoms in total. The monoisotopic (exact) mass is 276 g/mol. The van der Waals surface area contributed by atoms with Gasteiger partial charge in [-0.1, -0.05) is 53.7 Å². The van der Waals surface area contributed by atoms with Crippen LogP contribution in [0.15, 0.2) is 18.2 Å². The molecular weight excluding hydrogens is 246 g/mol. The summed E-state index contributed by atoms with van der Waals surface area (Å²) in [5.41, 5.74) is 10.2. The summed E-state index contributed by atoms with van der Waals surface area (Å²) in [5, 5.41) is 0. The molecule has 0 saturated heterocycles. The van der Waals surface area contributed by atoms with Crippen LogP contribution < -0.4 is 10.5 Å². The van der Waals surface area contributed by atoms with Gasteiger partial charge in [0.1, 0.15) is 12.4 Å². The molecule has 113 valence electrons. The molecule has 0 unspecified atom stereocenters. The Bertz CT molecular complexity index is 435. The van der Waals surface area contributed by atoms with E-state index in [-0.39, 0.29) is 10.8 Å². The first-order valence-corrected chi connectivity index (χ1v) is 7.71. The number of hydrogen-bond donors (Lipinski definition) is 0. The molecule has 1 radical (unpaired) electrons. The highest BCUT2D eigenvalue weighted by atomic mass is 16.5. The fourth-order valence-corrected chi connectivity index (χ4v) is 2.16. The quantitative estimate of drug-likeness (QED) is 0.709. The van der Waals surface area contributed by atoms with Gasteiger partial charge in [0.2, 0.25) is 0 Å². The maximum atomic E-state index is 7.27. The van der Waals surface area contributed by atoms with Crippen LogP contribution in [0.1, 0.15) is 65.5 Å². The fourth-order valence-electron chi connectivity index (χ4n) is 2.16. The SMILES string of the molecule is CCC(C)(C)c1ccc(OCC[NH])c(C(C)(C)CC)c1. The second-order valence-corrected chi connectivity index (χ2v) is 6.78. The zero-order valence-electron chi connectivity index (χ0n) is 14.0. The second kappa shape index (κ2) is 6.62. The van der Waals surface area contributed by atoms with E-state index in [1.807, 2.05) is 0 Å². The minimum Gasteiger partial charge on any atom is -0.492 e. The van der Waals surface area contributed by atoms with E-state index in [2.05, 4.69) is 59.7 Å². The fraction of sp³-hybridized carbons (Fsp3) is 0.667. The Kier molecular flexibility index (Phi) is 5.64. The Morgan fingerprint density at radius 1 is 1.00 bits per heavy atom. The maximum absolute atomic E-state index is 7.27. The molecule has 0 fully saturated rings. The first kappa shape index (κ1) is 17.0. The van der Waals surface area contributed by atoms with E-state index in [9.17, 15) is 0 Å². The smallest absolute Gasteiger partial charge is 0.123 e. The number of rotatable bonds is 7. The van der Waals surface area contributed by atoms with Crippen LogP contribution in [-0.4, -0.2) is 13.2 Å². The van der Waals surface area contributed by atoms with Gasteiger partial charge in [-0.15, -0.1) is 0 Å². The van der Waals surface area contributed by atoms with Gasteiger partial charge in [-0.2, -0.15) is 0 Å². The van der Waals surface area contributed by atoms with Crippen LogP contribution >= 0.6 is 0 Å². The molecule has 1 aromatic rings.